The zero-order valence-corrected chi connectivity index (χ0v) is 18.1. The molecule has 2 N–H and O–H groups in total. The Morgan fingerprint density at radius 1 is 1.00 bits per heavy atom. The first-order chi connectivity index (χ1) is 15.7. The minimum Gasteiger partial charge on any atom is -0.507 e. The number of aryl methyl sites for hydroxylation is 1. The number of benzene rings is 2. The fourth-order valence-electron chi connectivity index (χ4n) is 3.84. The van der Waals surface area contributed by atoms with E-state index in [-0.39, 0.29) is 29.8 Å². The van der Waals surface area contributed by atoms with Crippen molar-refractivity contribution in [3.05, 3.63) is 80.9 Å². The monoisotopic (exact) mass is 452 g/mol. The van der Waals surface area contributed by atoms with E-state index in [1.165, 1.54) is 29.2 Å². The molecule has 1 atom stereocenters. The fourth-order valence-corrected chi connectivity index (χ4v) is 3.84. The van der Waals surface area contributed by atoms with Gasteiger partial charge < -0.3 is 15.1 Å². The van der Waals surface area contributed by atoms with Crippen LogP contribution in [0.25, 0.3) is 5.76 Å². The van der Waals surface area contributed by atoms with Gasteiger partial charge in [0.2, 0.25) is 0 Å². The Bertz CT molecular complexity index is 1100. The molecule has 2 aromatic carbocycles. The van der Waals surface area contributed by atoms with Crippen LogP contribution in [0.3, 0.4) is 0 Å². The molecule has 0 aliphatic carbocycles. The Labute approximate surface area is 190 Å². The number of rotatable bonds is 9. The Morgan fingerprint density at radius 2 is 1.64 bits per heavy atom. The molecule has 0 bridgehead atoms. The van der Waals surface area contributed by atoms with Gasteiger partial charge in [-0.05, 0) is 37.5 Å². The molecule has 2 aromatic rings. The SMILES string of the molecule is Cc1ccc([C@H]2C(=C(O)c3ccc([N+](=O)[O-])cc3)C(=O)C(=O)N2CCCCCC(=O)O)cc1. The van der Waals surface area contributed by atoms with E-state index in [2.05, 4.69) is 0 Å². The summed E-state index contributed by atoms with van der Waals surface area (Å²) in [5.74, 6) is -2.87. The summed E-state index contributed by atoms with van der Waals surface area (Å²) in [6.07, 6.45) is 1.55. The number of carbonyl (C=O) groups excluding carboxylic acids is 2. The van der Waals surface area contributed by atoms with Gasteiger partial charge in [-0.1, -0.05) is 36.2 Å². The van der Waals surface area contributed by atoms with Gasteiger partial charge >= 0.3 is 5.97 Å². The van der Waals surface area contributed by atoms with Gasteiger partial charge in [0.15, 0.2) is 0 Å². The number of nitro benzene ring substituents is 1. The van der Waals surface area contributed by atoms with Crippen molar-refractivity contribution in [2.75, 3.05) is 6.54 Å². The molecule has 1 amide bonds. The Balaban J connectivity index is 1.97. The van der Waals surface area contributed by atoms with E-state index in [1.54, 1.807) is 12.1 Å². The lowest BCUT2D eigenvalue weighted by molar-refractivity contribution is -0.384. The van der Waals surface area contributed by atoms with Gasteiger partial charge in [-0.2, -0.15) is 0 Å². The summed E-state index contributed by atoms with van der Waals surface area (Å²) in [7, 11) is 0. The fraction of sp³-hybridized carbons (Fsp3) is 0.292. The second kappa shape index (κ2) is 10.1. The van der Waals surface area contributed by atoms with Crippen LogP contribution in [0.2, 0.25) is 0 Å². The number of Topliss-reactive ketones (excluding diaryl/α,β-unsaturated/α-hetero) is 1. The third-order valence-electron chi connectivity index (χ3n) is 5.57. The van der Waals surface area contributed by atoms with Crippen molar-refractivity contribution in [2.24, 2.45) is 0 Å². The van der Waals surface area contributed by atoms with Crippen LogP contribution in [0, 0.1) is 17.0 Å². The lowest BCUT2D eigenvalue weighted by Crippen LogP contribution is -2.30. The average Bonchev–Trinajstić information content (AvgIpc) is 3.03. The van der Waals surface area contributed by atoms with Gasteiger partial charge in [0.1, 0.15) is 5.76 Å². The first-order valence-electron chi connectivity index (χ1n) is 10.5. The van der Waals surface area contributed by atoms with Gasteiger partial charge in [-0.25, -0.2) is 0 Å². The highest BCUT2D eigenvalue weighted by Crippen LogP contribution is 2.39. The first-order valence-corrected chi connectivity index (χ1v) is 10.5. The maximum atomic E-state index is 12.9. The van der Waals surface area contributed by atoms with Gasteiger partial charge in [0, 0.05) is 30.7 Å². The second-order valence-corrected chi connectivity index (χ2v) is 7.91. The number of aliphatic carboxylic acids is 1. The highest BCUT2D eigenvalue weighted by atomic mass is 16.6. The van der Waals surface area contributed by atoms with E-state index < -0.39 is 34.4 Å². The number of carbonyl (C=O) groups is 3. The molecule has 1 aliphatic heterocycles. The highest BCUT2D eigenvalue weighted by molar-refractivity contribution is 6.46. The molecule has 0 aromatic heterocycles. The molecule has 9 nitrogen and oxygen atoms in total. The molecule has 3 rings (SSSR count). The molecule has 1 aliphatic rings. The molecule has 0 unspecified atom stereocenters. The highest BCUT2D eigenvalue weighted by Gasteiger charge is 2.45. The predicted molar refractivity (Wildman–Crippen MR) is 119 cm³/mol. The molecule has 0 spiro atoms. The van der Waals surface area contributed by atoms with E-state index in [0.29, 0.717) is 24.8 Å². The van der Waals surface area contributed by atoms with Crippen LogP contribution in [-0.2, 0) is 14.4 Å². The number of amides is 1. The second-order valence-electron chi connectivity index (χ2n) is 7.91. The van der Waals surface area contributed by atoms with Crippen molar-refractivity contribution >= 4 is 29.1 Å². The lowest BCUT2D eigenvalue weighted by atomic mass is 9.94. The van der Waals surface area contributed by atoms with E-state index in [4.69, 9.17) is 5.11 Å². The zero-order valence-electron chi connectivity index (χ0n) is 18.1. The Kier molecular flexibility index (Phi) is 7.22. The van der Waals surface area contributed by atoms with Crippen molar-refractivity contribution in [3.8, 4) is 0 Å². The molecular weight excluding hydrogens is 428 g/mol. The number of likely N-dealkylation sites (tertiary alicyclic amines) is 1. The molecule has 33 heavy (non-hydrogen) atoms. The molecule has 172 valence electrons. The van der Waals surface area contributed by atoms with Crippen molar-refractivity contribution in [2.45, 2.75) is 38.6 Å². The van der Waals surface area contributed by atoms with Gasteiger partial charge in [0.05, 0.1) is 16.5 Å². The normalized spacial score (nSPS) is 17.4. The van der Waals surface area contributed by atoms with Gasteiger partial charge in [-0.3, -0.25) is 24.5 Å². The predicted octanol–water partition coefficient (Wildman–Crippen LogP) is 3.97. The molecule has 1 saturated heterocycles. The molecular formula is C24H24N2O7. The Morgan fingerprint density at radius 3 is 2.21 bits per heavy atom. The van der Waals surface area contributed by atoms with Crippen LogP contribution < -0.4 is 0 Å². The minimum atomic E-state index is -0.891. The zero-order chi connectivity index (χ0) is 24.1. The maximum Gasteiger partial charge on any atom is 0.303 e. The van der Waals surface area contributed by atoms with Crippen LogP contribution in [0.15, 0.2) is 54.1 Å². The number of carboxylic acids is 1. The van der Waals surface area contributed by atoms with E-state index in [0.717, 1.165) is 5.56 Å². The third-order valence-corrected chi connectivity index (χ3v) is 5.57. The molecule has 1 fully saturated rings. The number of nitro groups is 1. The number of aliphatic hydroxyl groups is 1. The summed E-state index contributed by atoms with van der Waals surface area (Å²) < 4.78 is 0. The number of hydrogen-bond acceptors (Lipinski definition) is 6. The summed E-state index contributed by atoms with van der Waals surface area (Å²) in [5.41, 5.74) is 1.58. The summed E-state index contributed by atoms with van der Waals surface area (Å²) in [6.45, 7) is 2.12. The first kappa shape index (κ1) is 23.6. The lowest BCUT2D eigenvalue weighted by Gasteiger charge is -2.25. The van der Waals surface area contributed by atoms with Crippen LogP contribution in [0.4, 0.5) is 5.69 Å². The van der Waals surface area contributed by atoms with E-state index >= 15 is 0 Å². The number of non-ortho nitro benzene ring substituents is 1. The summed E-state index contributed by atoms with van der Waals surface area (Å²) in [4.78, 5) is 48.3. The van der Waals surface area contributed by atoms with Gasteiger partial charge in [0.25, 0.3) is 17.4 Å². The largest absolute Gasteiger partial charge is 0.507 e. The number of hydrogen-bond donors (Lipinski definition) is 2. The van der Waals surface area contributed by atoms with E-state index in [1.807, 2.05) is 19.1 Å². The van der Waals surface area contributed by atoms with Crippen molar-refractivity contribution in [1.29, 1.82) is 0 Å². The summed E-state index contributed by atoms with van der Waals surface area (Å²) >= 11 is 0. The van der Waals surface area contributed by atoms with Crippen LogP contribution >= 0.6 is 0 Å². The van der Waals surface area contributed by atoms with Crippen molar-refractivity contribution in [1.82, 2.24) is 4.90 Å². The number of nitrogens with zero attached hydrogens (tertiary/aromatic N) is 2. The number of aliphatic hydroxyl groups excluding tert-OH is 1. The number of ketones is 1. The Hall–Kier alpha value is -4.01. The quantitative estimate of drug-likeness (QED) is 0.147. The van der Waals surface area contributed by atoms with E-state index in [9.17, 15) is 29.6 Å². The maximum absolute atomic E-state index is 12.9. The standard InChI is InChI=1S/C24H24N2O7/c1-15-6-8-16(9-7-15)21-20(22(29)17-10-12-18(13-11-17)26(32)33)23(30)24(31)25(21)14-4-2-3-5-19(27)28/h6-13,21,29H,2-5,14H2,1H3,(H,27,28)/t21-/m0/s1. The third kappa shape index (κ3) is 5.25. The topological polar surface area (TPSA) is 138 Å². The molecule has 9 heteroatoms. The minimum absolute atomic E-state index is 0.0281. The van der Waals surface area contributed by atoms with Crippen molar-refractivity contribution < 1.29 is 29.5 Å². The van der Waals surface area contributed by atoms with Crippen molar-refractivity contribution in [3.63, 3.8) is 0 Å². The van der Waals surface area contributed by atoms with Crippen LogP contribution in [-0.4, -0.2) is 44.2 Å². The van der Waals surface area contributed by atoms with Gasteiger partial charge in [-0.15, -0.1) is 0 Å². The summed E-state index contributed by atoms with van der Waals surface area (Å²) in [6, 6.07) is 11.5. The molecule has 1 heterocycles. The van der Waals surface area contributed by atoms with Crippen LogP contribution in [0.5, 0.6) is 0 Å². The number of carboxylic acid groups (broad SMARTS) is 1. The van der Waals surface area contributed by atoms with Crippen LogP contribution in [0.1, 0.15) is 48.4 Å². The molecule has 0 radical (unpaired) electrons. The smallest absolute Gasteiger partial charge is 0.303 e. The number of unbranched alkanes of at least 4 members (excludes halogenated alkanes) is 2. The summed E-state index contributed by atoms with van der Waals surface area (Å²) in [5, 5.41) is 30.7. The molecule has 0 saturated carbocycles. The average molecular weight is 452 g/mol.